The molecule has 1 aromatic carbocycles. The highest BCUT2D eigenvalue weighted by Gasteiger charge is 2.18. The molecule has 1 aliphatic heterocycles. The van der Waals surface area contributed by atoms with Gasteiger partial charge in [0.15, 0.2) is 0 Å². The molecular formula is C16H19NO4. The van der Waals surface area contributed by atoms with Crippen molar-refractivity contribution in [2.45, 2.75) is 25.4 Å². The largest absolute Gasteiger partial charge is 0.475 e. The molecule has 1 aromatic heterocycles. The van der Waals surface area contributed by atoms with Crippen molar-refractivity contribution >= 4 is 16.9 Å². The summed E-state index contributed by atoms with van der Waals surface area (Å²) in [5.74, 6) is -1.05. The molecule has 112 valence electrons. The molecule has 0 radical (unpaired) electrons. The summed E-state index contributed by atoms with van der Waals surface area (Å²) in [6.45, 7) is 2.50. The van der Waals surface area contributed by atoms with Crippen molar-refractivity contribution < 1.29 is 19.1 Å². The minimum absolute atomic E-state index is 0.0140. The highest BCUT2D eigenvalue weighted by Crippen LogP contribution is 2.22. The summed E-state index contributed by atoms with van der Waals surface area (Å²) in [5.41, 5.74) is 1.78. The third-order valence-electron chi connectivity index (χ3n) is 4.04. The van der Waals surface area contributed by atoms with Crippen LogP contribution in [0.2, 0.25) is 0 Å². The Hall–Kier alpha value is -1.85. The first-order valence-corrected chi connectivity index (χ1v) is 7.17. The standard InChI is InChI=1S/C16H19NO4/c1-17(13-4-6-20-7-5-13)10-11-2-3-14-12(8-11)9-15(21-14)16(18)19/h2-3,8-9,13H,4-7,10H2,1H3,(H,18,19). The number of carbonyl (C=O) groups is 1. The first kappa shape index (κ1) is 14.1. The fourth-order valence-corrected chi connectivity index (χ4v) is 2.84. The molecular weight excluding hydrogens is 270 g/mol. The van der Waals surface area contributed by atoms with Crippen LogP contribution < -0.4 is 0 Å². The van der Waals surface area contributed by atoms with Crippen molar-refractivity contribution in [3.8, 4) is 0 Å². The number of hydrogen-bond acceptors (Lipinski definition) is 4. The van der Waals surface area contributed by atoms with Crippen LogP contribution in [0, 0.1) is 0 Å². The summed E-state index contributed by atoms with van der Waals surface area (Å²) in [5, 5.41) is 9.80. The normalized spacial score (nSPS) is 16.7. The third kappa shape index (κ3) is 3.09. The van der Waals surface area contributed by atoms with Gasteiger partial charge in [0.1, 0.15) is 5.58 Å². The van der Waals surface area contributed by atoms with Crippen molar-refractivity contribution in [3.05, 3.63) is 35.6 Å². The Morgan fingerprint density at radius 2 is 2.10 bits per heavy atom. The molecule has 0 saturated carbocycles. The van der Waals surface area contributed by atoms with Gasteiger partial charge in [-0.15, -0.1) is 0 Å². The van der Waals surface area contributed by atoms with Crippen molar-refractivity contribution in [2.24, 2.45) is 0 Å². The van der Waals surface area contributed by atoms with Gasteiger partial charge in [0, 0.05) is 31.2 Å². The van der Waals surface area contributed by atoms with Gasteiger partial charge in [-0.2, -0.15) is 0 Å². The molecule has 1 N–H and O–H groups in total. The quantitative estimate of drug-likeness (QED) is 0.937. The minimum atomic E-state index is -1.04. The van der Waals surface area contributed by atoms with Crippen LogP contribution in [-0.2, 0) is 11.3 Å². The van der Waals surface area contributed by atoms with Gasteiger partial charge in [0.05, 0.1) is 0 Å². The van der Waals surface area contributed by atoms with E-state index in [0.717, 1.165) is 43.5 Å². The Kier molecular flexibility index (Phi) is 3.94. The highest BCUT2D eigenvalue weighted by molar-refractivity contribution is 5.91. The molecule has 0 amide bonds. The van der Waals surface area contributed by atoms with Gasteiger partial charge in [0.2, 0.25) is 5.76 Å². The maximum Gasteiger partial charge on any atom is 0.371 e. The van der Waals surface area contributed by atoms with Crippen LogP contribution >= 0.6 is 0 Å². The van der Waals surface area contributed by atoms with Crippen LogP contribution in [0.4, 0.5) is 0 Å². The lowest BCUT2D eigenvalue weighted by molar-refractivity contribution is 0.0407. The molecule has 5 nitrogen and oxygen atoms in total. The summed E-state index contributed by atoms with van der Waals surface area (Å²) >= 11 is 0. The molecule has 1 aliphatic rings. The van der Waals surface area contributed by atoms with Crippen LogP contribution in [0.5, 0.6) is 0 Å². The average molecular weight is 289 g/mol. The van der Waals surface area contributed by atoms with Gasteiger partial charge < -0.3 is 14.3 Å². The van der Waals surface area contributed by atoms with Gasteiger partial charge in [0.25, 0.3) is 0 Å². The number of carboxylic acids is 1. The van der Waals surface area contributed by atoms with Crippen molar-refractivity contribution in [2.75, 3.05) is 20.3 Å². The number of benzene rings is 1. The molecule has 0 atom stereocenters. The fourth-order valence-electron chi connectivity index (χ4n) is 2.84. The second-order valence-electron chi connectivity index (χ2n) is 5.55. The molecule has 1 fully saturated rings. The van der Waals surface area contributed by atoms with E-state index in [1.807, 2.05) is 18.2 Å². The number of carboxylic acid groups (broad SMARTS) is 1. The molecule has 3 rings (SSSR count). The second kappa shape index (κ2) is 5.87. The van der Waals surface area contributed by atoms with Gasteiger partial charge >= 0.3 is 5.97 Å². The smallest absolute Gasteiger partial charge is 0.371 e. The number of furan rings is 1. The van der Waals surface area contributed by atoms with Gasteiger partial charge in [-0.05, 0) is 43.7 Å². The minimum Gasteiger partial charge on any atom is -0.475 e. The zero-order valence-electron chi connectivity index (χ0n) is 12.0. The fraction of sp³-hybridized carbons (Fsp3) is 0.438. The van der Waals surface area contributed by atoms with Gasteiger partial charge in [-0.25, -0.2) is 4.79 Å². The van der Waals surface area contributed by atoms with E-state index in [1.54, 1.807) is 6.07 Å². The lowest BCUT2D eigenvalue weighted by Crippen LogP contribution is -2.36. The summed E-state index contributed by atoms with van der Waals surface area (Å²) in [7, 11) is 2.12. The van der Waals surface area contributed by atoms with E-state index in [0.29, 0.717) is 11.6 Å². The zero-order chi connectivity index (χ0) is 14.8. The van der Waals surface area contributed by atoms with Crippen LogP contribution in [0.1, 0.15) is 29.0 Å². The third-order valence-corrected chi connectivity index (χ3v) is 4.04. The van der Waals surface area contributed by atoms with Crippen molar-refractivity contribution in [1.29, 1.82) is 0 Å². The number of rotatable bonds is 4. The van der Waals surface area contributed by atoms with E-state index in [4.69, 9.17) is 14.3 Å². The Morgan fingerprint density at radius 3 is 2.81 bits per heavy atom. The molecule has 0 unspecified atom stereocenters. The van der Waals surface area contributed by atoms with E-state index in [-0.39, 0.29) is 5.76 Å². The first-order chi connectivity index (χ1) is 10.1. The van der Waals surface area contributed by atoms with E-state index >= 15 is 0 Å². The van der Waals surface area contributed by atoms with Crippen LogP contribution in [0.3, 0.4) is 0 Å². The lowest BCUT2D eigenvalue weighted by Gasteiger charge is -2.31. The maximum atomic E-state index is 10.9. The molecule has 2 heterocycles. The molecule has 5 heteroatoms. The predicted octanol–water partition coefficient (Wildman–Crippen LogP) is 2.74. The van der Waals surface area contributed by atoms with E-state index in [1.165, 1.54) is 0 Å². The maximum absolute atomic E-state index is 10.9. The van der Waals surface area contributed by atoms with Crippen LogP contribution in [-0.4, -0.2) is 42.3 Å². The Morgan fingerprint density at radius 1 is 1.33 bits per heavy atom. The number of fused-ring (bicyclic) bond motifs is 1. The SMILES string of the molecule is CN(Cc1ccc2oc(C(=O)O)cc2c1)C1CCOCC1. The van der Waals surface area contributed by atoms with Crippen LogP contribution in [0.25, 0.3) is 11.0 Å². The van der Waals surface area contributed by atoms with E-state index < -0.39 is 5.97 Å². The van der Waals surface area contributed by atoms with Crippen LogP contribution in [0.15, 0.2) is 28.7 Å². The average Bonchev–Trinajstić information content (AvgIpc) is 2.91. The zero-order valence-corrected chi connectivity index (χ0v) is 12.0. The summed E-state index contributed by atoms with van der Waals surface area (Å²) in [6, 6.07) is 7.97. The molecule has 0 aliphatic carbocycles. The molecule has 0 spiro atoms. The predicted molar refractivity (Wildman–Crippen MR) is 78.5 cm³/mol. The highest BCUT2D eigenvalue weighted by atomic mass is 16.5. The number of aromatic carboxylic acids is 1. The topological polar surface area (TPSA) is 62.9 Å². The molecule has 1 saturated heterocycles. The second-order valence-corrected chi connectivity index (χ2v) is 5.55. The van der Waals surface area contributed by atoms with Crippen molar-refractivity contribution in [1.82, 2.24) is 4.90 Å². The van der Waals surface area contributed by atoms with Gasteiger partial charge in [-0.1, -0.05) is 6.07 Å². The number of ether oxygens (including phenoxy) is 1. The number of nitrogens with zero attached hydrogens (tertiary/aromatic N) is 1. The van der Waals surface area contributed by atoms with Gasteiger partial charge in [-0.3, -0.25) is 4.90 Å². The monoisotopic (exact) mass is 289 g/mol. The Balaban J connectivity index is 1.75. The Bertz CT molecular complexity index is 643. The Labute approximate surface area is 123 Å². The summed E-state index contributed by atoms with van der Waals surface area (Å²) in [4.78, 5) is 13.3. The van der Waals surface area contributed by atoms with E-state index in [2.05, 4.69) is 11.9 Å². The first-order valence-electron chi connectivity index (χ1n) is 7.17. The molecule has 2 aromatic rings. The number of hydrogen-bond donors (Lipinski definition) is 1. The summed E-state index contributed by atoms with van der Waals surface area (Å²) in [6.07, 6.45) is 2.13. The lowest BCUT2D eigenvalue weighted by atomic mass is 10.1. The van der Waals surface area contributed by atoms with E-state index in [9.17, 15) is 4.79 Å². The summed E-state index contributed by atoms with van der Waals surface area (Å²) < 4.78 is 10.7. The van der Waals surface area contributed by atoms with Crippen molar-refractivity contribution in [3.63, 3.8) is 0 Å². The molecule has 21 heavy (non-hydrogen) atoms. The molecule has 0 bridgehead atoms.